The lowest BCUT2D eigenvalue weighted by Crippen LogP contribution is -2.34. The van der Waals surface area contributed by atoms with E-state index in [-0.39, 0.29) is 11.8 Å². The Bertz CT molecular complexity index is 192. The molecule has 10 heavy (non-hydrogen) atoms. The van der Waals surface area contributed by atoms with E-state index in [0.29, 0.717) is 0 Å². The van der Waals surface area contributed by atoms with Crippen LogP contribution in [0.25, 0.3) is 0 Å². The minimum atomic E-state index is -0.560. The van der Waals surface area contributed by atoms with E-state index in [0.717, 1.165) is 4.90 Å². The zero-order valence-electron chi connectivity index (χ0n) is 5.37. The van der Waals surface area contributed by atoms with Gasteiger partial charge in [0.1, 0.15) is 5.50 Å². The Morgan fingerprint density at radius 1 is 1.40 bits per heavy atom. The van der Waals surface area contributed by atoms with Gasteiger partial charge in [0.15, 0.2) is 0 Å². The molecule has 0 fully saturated rings. The van der Waals surface area contributed by atoms with Gasteiger partial charge in [-0.05, 0) is 6.92 Å². The molecule has 1 aliphatic heterocycles. The Kier molecular flexibility index (Phi) is 1.76. The maximum absolute atomic E-state index is 10.8. The molecular weight excluding hydrogens is 154 g/mol. The Morgan fingerprint density at radius 2 is 1.80 bits per heavy atom. The highest BCUT2D eigenvalue weighted by Gasteiger charge is 2.26. The Morgan fingerprint density at radius 3 is 2.00 bits per heavy atom. The second-order valence-corrected chi connectivity index (χ2v) is 2.59. The van der Waals surface area contributed by atoms with Crippen LogP contribution >= 0.6 is 11.6 Å². The van der Waals surface area contributed by atoms with Crippen LogP contribution in [-0.4, -0.2) is 22.2 Å². The van der Waals surface area contributed by atoms with E-state index in [1.165, 1.54) is 12.2 Å². The lowest BCUT2D eigenvalue weighted by molar-refractivity contribution is -0.137. The number of halogens is 1. The van der Waals surface area contributed by atoms with Crippen molar-refractivity contribution in [2.45, 2.75) is 12.4 Å². The van der Waals surface area contributed by atoms with Crippen molar-refractivity contribution in [3.63, 3.8) is 0 Å². The minimum Gasteiger partial charge on any atom is -0.269 e. The fourth-order valence-electron chi connectivity index (χ4n) is 0.762. The lowest BCUT2D eigenvalue weighted by atomic mass is 10.5. The van der Waals surface area contributed by atoms with Gasteiger partial charge >= 0.3 is 0 Å². The zero-order valence-corrected chi connectivity index (χ0v) is 6.13. The number of carbonyl (C=O) groups is 2. The van der Waals surface area contributed by atoms with E-state index in [1.807, 2.05) is 0 Å². The van der Waals surface area contributed by atoms with Gasteiger partial charge in [0.05, 0.1) is 0 Å². The molecule has 3 nitrogen and oxygen atoms in total. The van der Waals surface area contributed by atoms with Crippen LogP contribution in [0.2, 0.25) is 0 Å². The lowest BCUT2D eigenvalue weighted by Gasteiger charge is -2.15. The number of amides is 2. The highest BCUT2D eigenvalue weighted by molar-refractivity contribution is 6.25. The first kappa shape index (κ1) is 7.28. The smallest absolute Gasteiger partial charge is 0.254 e. The van der Waals surface area contributed by atoms with Crippen LogP contribution in [-0.2, 0) is 9.59 Å². The van der Waals surface area contributed by atoms with Gasteiger partial charge in [0.25, 0.3) is 11.8 Å². The van der Waals surface area contributed by atoms with E-state index in [1.54, 1.807) is 6.92 Å². The summed E-state index contributed by atoms with van der Waals surface area (Å²) in [4.78, 5) is 22.5. The molecule has 4 heteroatoms. The summed E-state index contributed by atoms with van der Waals surface area (Å²) < 4.78 is 0. The van der Waals surface area contributed by atoms with Crippen molar-refractivity contribution in [3.05, 3.63) is 12.2 Å². The standard InChI is InChI=1S/C6H6ClNO2/c1-4(7)8-5(9)2-3-6(8)10/h2-4H,1H3/t4-/m0/s1. The maximum atomic E-state index is 10.8. The summed E-state index contributed by atoms with van der Waals surface area (Å²) in [5, 5.41) is 0. The molecule has 0 N–H and O–H groups in total. The fourth-order valence-corrected chi connectivity index (χ4v) is 0.955. The first-order chi connectivity index (χ1) is 4.63. The summed E-state index contributed by atoms with van der Waals surface area (Å²) in [7, 11) is 0. The quantitative estimate of drug-likeness (QED) is 0.317. The van der Waals surface area contributed by atoms with E-state index >= 15 is 0 Å². The van der Waals surface area contributed by atoms with Gasteiger partial charge in [0, 0.05) is 12.2 Å². The molecule has 0 unspecified atom stereocenters. The van der Waals surface area contributed by atoms with Crippen LogP contribution in [0.5, 0.6) is 0 Å². The van der Waals surface area contributed by atoms with E-state index < -0.39 is 5.50 Å². The molecule has 0 aromatic rings. The topological polar surface area (TPSA) is 37.4 Å². The molecule has 1 rings (SSSR count). The van der Waals surface area contributed by atoms with Gasteiger partial charge in [-0.1, -0.05) is 11.6 Å². The van der Waals surface area contributed by atoms with E-state index in [4.69, 9.17) is 11.6 Å². The van der Waals surface area contributed by atoms with Crippen molar-refractivity contribution in [2.75, 3.05) is 0 Å². The van der Waals surface area contributed by atoms with Crippen molar-refractivity contribution in [3.8, 4) is 0 Å². The molecule has 2 amide bonds. The van der Waals surface area contributed by atoms with Crippen molar-refractivity contribution in [1.82, 2.24) is 4.90 Å². The van der Waals surface area contributed by atoms with Crippen LogP contribution in [0.4, 0.5) is 0 Å². The monoisotopic (exact) mass is 159 g/mol. The molecule has 1 heterocycles. The molecule has 54 valence electrons. The first-order valence-corrected chi connectivity index (χ1v) is 3.26. The van der Waals surface area contributed by atoms with Crippen molar-refractivity contribution >= 4 is 23.4 Å². The number of hydrogen-bond acceptors (Lipinski definition) is 2. The van der Waals surface area contributed by atoms with Gasteiger partial charge in [-0.3, -0.25) is 14.5 Å². The molecule has 0 bridgehead atoms. The summed E-state index contributed by atoms with van der Waals surface area (Å²) in [6, 6.07) is 0. The first-order valence-electron chi connectivity index (χ1n) is 2.82. The molecule has 1 atom stereocenters. The van der Waals surface area contributed by atoms with Crippen molar-refractivity contribution in [2.24, 2.45) is 0 Å². The third-order valence-corrected chi connectivity index (χ3v) is 1.39. The highest BCUT2D eigenvalue weighted by Crippen LogP contribution is 2.10. The van der Waals surface area contributed by atoms with Crippen molar-refractivity contribution in [1.29, 1.82) is 0 Å². The van der Waals surface area contributed by atoms with Gasteiger partial charge in [0.2, 0.25) is 0 Å². The van der Waals surface area contributed by atoms with Crippen LogP contribution in [0.15, 0.2) is 12.2 Å². The van der Waals surface area contributed by atoms with Crippen molar-refractivity contribution < 1.29 is 9.59 Å². The summed E-state index contributed by atoms with van der Waals surface area (Å²) in [5.41, 5.74) is -0.560. The Balaban J connectivity index is 2.79. The molecule has 0 radical (unpaired) electrons. The number of alkyl halides is 1. The van der Waals surface area contributed by atoms with Crippen LogP contribution in [0.3, 0.4) is 0 Å². The molecule has 0 spiro atoms. The SMILES string of the molecule is C[C@@H](Cl)N1C(=O)C=CC1=O. The van der Waals surface area contributed by atoms with Crippen LogP contribution < -0.4 is 0 Å². The number of imide groups is 1. The predicted molar refractivity (Wildman–Crippen MR) is 36.3 cm³/mol. The third kappa shape index (κ3) is 1.04. The normalized spacial score (nSPS) is 20.4. The number of nitrogens with zero attached hydrogens (tertiary/aromatic N) is 1. The largest absolute Gasteiger partial charge is 0.269 e. The molecule has 0 saturated carbocycles. The third-order valence-electron chi connectivity index (χ3n) is 1.20. The van der Waals surface area contributed by atoms with Crippen LogP contribution in [0.1, 0.15) is 6.92 Å². The molecule has 0 aliphatic carbocycles. The summed E-state index contributed by atoms with van der Waals surface area (Å²) in [6.45, 7) is 1.57. The summed E-state index contributed by atoms with van der Waals surface area (Å²) >= 11 is 5.52. The average molecular weight is 160 g/mol. The molecule has 0 saturated heterocycles. The van der Waals surface area contributed by atoms with E-state index in [9.17, 15) is 9.59 Å². The maximum Gasteiger partial charge on any atom is 0.254 e. The highest BCUT2D eigenvalue weighted by atomic mass is 35.5. The summed E-state index contributed by atoms with van der Waals surface area (Å²) in [6.07, 6.45) is 2.42. The Hall–Kier alpha value is -0.830. The molecular formula is C6H6ClNO2. The second-order valence-electron chi connectivity index (χ2n) is 1.95. The van der Waals surface area contributed by atoms with E-state index in [2.05, 4.69) is 0 Å². The van der Waals surface area contributed by atoms with Gasteiger partial charge < -0.3 is 0 Å². The molecule has 1 aliphatic rings. The predicted octanol–water partition coefficient (Wildman–Crippen LogP) is 0.496. The Labute approximate surface area is 63.3 Å². The number of rotatable bonds is 1. The number of carbonyl (C=O) groups excluding carboxylic acids is 2. The van der Waals surface area contributed by atoms with Gasteiger partial charge in [-0.15, -0.1) is 0 Å². The minimum absolute atomic E-state index is 0.340. The van der Waals surface area contributed by atoms with Gasteiger partial charge in [-0.2, -0.15) is 0 Å². The fraction of sp³-hybridized carbons (Fsp3) is 0.333. The van der Waals surface area contributed by atoms with Gasteiger partial charge in [-0.25, -0.2) is 0 Å². The van der Waals surface area contributed by atoms with Crippen LogP contribution in [0, 0.1) is 0 Å². The summed E-state index contributed by atoms with van der Waals surface area (Å²) in [5.74, 6) is -0.681. The molecule has 0 aromatic heterocycles. The molecule has 0 aromatic carbocycles. The second kappa shape index (κ2) is 2.42. The number of hydrogen-bond donors (Lipinski definition) is 0. The average Bonchev–Trinajstić information content (AvgIpc) is 2.11. The zero-order chi connectivity index (χ0) is 7.72.